The quantitative estimate of drug-likeness (QED) is 0.644. The fraction of sp³-hybridized carbons (Fsp3) is 0.348. The Hall–Kier alpha value is -2.95. The first-order chi connectivity index (χ1) is 13.8. The molecule has 0 atom stereocenters. The van der Waals surface area contributed by atoms with Crippen molar-refractivity contribution in [2.24, 2.45) is 0 Å². The molecular weight excluding hydrogens is 354 g/mol. The Morgan fingerprint density at radius 2 is 1.71 bits per heavy atom. The highest BCUT2D eigenvalue weighted by atomic mass is 16.7. The van der Waals surface area contributed by atoms with E-state index >= 15 is 0 Å². The van der Waals surface area contributed by atoms with Gasteiger partial charge in [-0.25, -0.2) is 0 Å². The van der Waals surface area contributed by atoms with Crippen LogP contribution in [0.1, 0.15) is 30.9 Å². The molecule has 0 amide bonds. The Kier molecular flexibility index (Phi) is 3.45. The molecule has 0 saturated heterocycles. The van der Waals surface area contributed by atoms with Crippen molar-refractivity contribution >= 4 is 10.8 Å². The third-order valence-electron chi connectivity index (χ3n) is 6.01. The monoisotopic (exact) mass is 376 g/mol. The van der Waals surface area contributed by atoms with Crippen LogP contribution in [0.5, 0.6) is 23.0 Å². The van der Waals surface area contributed by atoms with Crippen molar-refractivity contribution in [3.63, 3.8) is 0 Å². The van der Waals surface area contributed by atoms with E-state index in [1.807, 2.05) is 6.07 Å². The number of hydrogen-bond acceptors (Lipinski definition) is 4. The minimum absolute atomic E-state index is 0.298. The Morgan fingerprint density at radius 1 is 0.893 bits per heavy atom. The molecule has 3 aliphatic rings. The molecule has 0 saturated carbocycles. The Morgan fingerprint density at radius 3 is 2.61 bits per heavy atom. The standard InChI is InChI=1S/C23H22NO4/c1-2-3-8-24-11-18-15(6-7-19-23(18)28-13-25-19)16-5-4-14-9-20-21(27-12-26-20)10-17(14)22(16)24/h6-7,9-11H,2-5,8,12-13H2,1H3/q+1. The van der Waals surface area contributed by atoms with Gasteiger partial charge in [0.15, 0.2) is 29.2 Å². The summed E-state index contributed by atoms with van der Waals surface area (Å²) < 4.78 is 25.1. The van der Waals surface area contributed by atoms with E-state index in [2.05, 4.69) is 35.9 Å². The molecule has 2 aliphatic heterocycles. The van der Waals surface area contributed by atoms with Crippen molar-refractivity contribution in [2.45, 2.75) is 39.2 Å². The van der Waals surface area contributed by atoms with Crippen LogP contribution in [-0.2, 0) is 19.4 Å². The van der Waals surface area contributed by atoms with Crippen molar-refractivity contribution in [1.29, 1.82) is 0 Å². The lowest BCUT2D eigenvalue weighted by molar-refractivity contribution is -0.685. The van der Waals surface area contributed by atoms with Gasteiger partial charge in [-0.05, 0) is 42.7 Å². The topological polar surface area (TPSA) is 40.8 Å². The highest BCUT2D eigenvalue weighted by Crippen LogP contribution is 2.45. The number of pyridine rings is 1. The van der Waals surface area contributed by atoms with Gasteiger partial charge in [0.05, 0.1) is 10.9 Å². The maximum absolute atomic E-state index is 5.82. The lowest BCUT2D eigenvalue weighted by Crippen LogP contribution is -2.38. The van der Waals surface area contributed by atoms with E-state index < -0.39 is 0 Å². The van der Waals surface area contributed by atoms with Gasteiger partial charge in [-0.1, -0.05) is 13.3 Å². The predicted molar refractivity (Wildman–Crippen MR) is 104 cm³/mol. The molecule has 3 heterocycles. The smallest absolute Gasteiger partial charge is 0.231 e. The van der Waals surface area contributed by atoms with Crippen molar-refractivity contribution < 1.29 is 23.5 Å². The molecule has 142 valence electrons. The van der Waals surface area contributed by atoms with E-state index in [1.54, 1.807) is 0 Å². The number of rotatable bonds is 3. The number of unbranched alkanes of at least 4 members (excludes halogenated alkanes) is 1. The van der Waals surface area contributed by atoms with Crippen LogP contribution in [0.25, 0.3) is 22.0 Å². The maximum atomic E-state index is 5.82. The van der Waals surface area contributed by atoms with Crippen molar-refractivity contribution in [2.75, 3.05) is 13.6 Å². The SMILES string of the molecule is CCCC[n+]1cc2c3c(ccc2c2c1-c1cc4c(cc1CC2)OCO4)OCO3. The zero-order valence-corrected chi connectivity index (χ0v) is 15.9. The normalized spacial score (nSPS) is 15.6. The van der Waals surface area contributed by atoms with E-state index in [9.17, 15) is 0 Å². The van der Waals surface area contributed by atoms with E-state index in [0.717, 1.165) is 60.6 Å². The lowest BCUT2D eigenvalue weighted by atomic mass is 9.85. The zero-order chi connectivity index (χ0) is 18.7. The van der Waals surface area contributed by atoms with E-state index in [1.165, 1.54) is 27.8 Å². The molecule has 0 fully saturated rings. The van der Waals surface area contributed by atoms with Gasteiger partial charge < -0.3 is 18.9 Å². The third kappa shape index (κ3) is 2.22. The average Bonchev–Trinajstić information content (AvgIpc) is 3.38. The minimum Gasteiger partial charge on any atom is -0.454 e. The summed E-state index contributed by atoms with van der Waals surface area (Å²) in [5.41, 5.74) is 5.29. The molecule has 2 aromatic carbocycles. The number of ether oxygens (including phenoxy) is 4. The van der Waals surface area contributed by atoms with Crippen LogP contribution in [0.2, 0.25) is 0 Å². The summed E-state index contributed by atoms with van der Waals surface area (Å²) in [6.45, 7) is 3.82. The summed E-state index contributed by atoms with van der Waals surface area (Å²) >= 11 is 0. The van der Waals surface area contributed by atoms with Crippen LogP contribution in [0.3, 0.4) is 0 Å². The summed E-state index contributed by atoms with van der Waals surface area (Å²) in [4.78, 5) is 0. The molecule has 3 aromatic rings. The van der Waals surface area contributed by atoms with Crippen molar-refractivity contribution in [3.05, 3.63) is 41.6 Å². The maximum Gasteiger partial charge on any atom is 0.231 e. The predicted octanol–water partition coefficient (Wildman–Crippen LogP) is 4.15. The second-order valence-corrected chi connectivity index (χ2v) is 7.63. The molecule has 0 N–H and O–H groups in total. The fourth-order valence-electron chi connectivity index (χ4n) is 4.65. The highest BCUT2D eigenvalue weighted by Gasteiger charge is 2.32. The number of aromatic nitrogens is 1. The Balaban J connectivity index is 1.64. The molecule has 0 radical (unpaired) electrons. The fourth-order valence-corrected chi connectivity index (χ4v) is 4.65. The van der Waals surface area contributed by atoms with Crippen LogP contribution in [0.15, 0.2) is 30.5 Å². The summed E-state index contributed by atoms with van der Waals surface area (Å²) in [5.74, 6) is 3.43. The summed E-state index contributed by atoms with van der Waals surface area (Å²) in [6.07, 6.45) is 6.54. The van der Waals surface area contributed by atoms with Gasteiger partial charge in [0.2, 0.25) is 19.3 Å². The van der Waals surface area contributed by atoms with Crippen LogP contribution in [0.4, 0.5) is 0 Å². The summed E-state index contributed by atoms with van der Waals surface area (Å²) in [6, 6.07) is 8.55. The van der Waals surface area contributed by atoms with Gasteiger partial charge >= 0.3 is 0 Å². The molecule has 0 spiro atoms. The Bertz CT molecular complexity index is 1120. The van der Waals surface area contributed by atoms with E-state index in [0.29, 0.717) is 13.6 Å². The zero-order valence-electron chi connectivity index (χ0n) is 15.9. The average molecular weight is 376 g/mol. The summed E-state index contributed by atoms with van der Waals surface area (Å²) in [7, 11) is 0. The largest absolute Gasteiger partial charge is 0.454 e. The minimum atomic E-state index is 0.298. The summed E-state index contributed by atoms with van der Waals surface area (Å²) in [5, 5.41) is 2.41. The first-order valence-corrected chi connectivity index (χ1v) is 10.0. The van der Waals surface area contributed by atoms with Gasteiger partial charge in [-0.3, -0.25) is 0 Å². The van der Waals surface area contributed by atoms with Crippen LogP contribution < -0.4 is 23.5 Å². The van der Waals surface area contributed by atoms with Gasteiger partial charge in [-0.15, -0.1) is 0 Å². The lowest BCUT2D eigenvalue weighted by Gasteiger charge is -2.21. The second kappa shape index (κ2) is 6.03. The first kappa shape index (κ1) is 16.0. The van der Waals surface area contributed by atoms with Crippen LogP contribution in [0, 0.1) is 0 Å². The molecule has 6 rings (SSSR count). The van der Waals surface area contributed by atoms with Crippen LogP contribution >= 0.6 is 0 Å². The molecular formula is C23H22NO4+. The molecule has 5 heteroatoms. The highest BCUT2D eigenvalue weighted by molar-refractivity contribution is 5.95. The number of nitrogens with zero attached hydrogens (tertiary/aromatic N) is 1. The van der Waals surface area contributed by atoms with Crippen LogP contribution in [-0.4, -0.2) is 13.6 Å². The molecule has 1 aromatic heterocycles. The number of hydrogen-bond donors (Lipinski definition) is 0. The number of fused-ring (bicyclic) bond motifs is 8. The van der Waals surface area contributed by atoms with Gasteiger partial charge in [0.1, 0.15) is 6.54 Å². The van der Waals surface area contributed by atoms with Crippen molar-refractivity contribution in [3.8, 4) is 34.3 Å². The first-order valence-electron chi connectivity index (χ1n) is 10.0. The number of benzene rings is 2. The van der Waals surface area contributed by atoms with Crippen molar-refractivity contribution in [1.82, 2.24) is 0 Å². The van der Waals surface area contributed by atoms with E-state index in [-0.39, 0.29) is 0 Å². The number of aryl methyl sites for hydroxylation is 3. The second-order valence-electron chi connectivity index (χ2n) is 7.63. The molecule has 0 bridgehead atoms. The molecule has 1 aliphatic carbocycles. The molecule has 5 nitrogen and oxygen atoms in total. The third-order valence-corrected chi connectivity index (χ3v) is 6.01. The van der Waals surface area contributed by atoms with E-state index in [4.69, 9.17) is 18.9 Å². The van der Waals surface area contributed by atoms with Gasteiger partial charge in [-0.2, -0.15) is 4.57 Å². The van der Waals surface area contributed by atoms with Gasteiger partial charge in [0.25, 0.3) is 0 Å². The Labute approximate surface area is 163 Å². The molecule has 0 unspecified atom stereocenters. The van der Waals surface area contributed by atoms with Gasteiger partial charge in [0, 0.05) is 17.4 Å². The molecule has 28 heavy (non-hydrogen) atoms.